The molecule has 1 aliphatic heterocycles. The fraction of sp³-hybridized carbons (Fsp3) is 0.944. The first kappa shape index (κ1) is 14.8. The maximum absolute atomic E-state index is 12.6. The number of nitrogens with one attached hydrogen (secondary N) is 1. The average molecular weight is 306 g/mol. The average Bonchev–Trinajstić information content (AvgIpc) is 3.31. The predicted octanol–water partition coefficient (Wildman–Crippen LogP) is 2.76. The summed E-state index contributed by atoms with van der Waals surface area (Å²) in [6, 6.07) is 0.517. The van der Waals surface area contributed by atoms with Gasteiger partial charge in [0, 0.05) is 31.0 Å². The number of rotatable bonds is 2. The van der Waals surface area contributed by atoms with E-state index in [2.05, 4.69) is 5.32 Å². The van der Waals surface area contributed by atoms with Crippen LogP contribution >= 0.6 is 0 Å². The summed E-state index contributed by atoms with van der Waals surface area (Å²) < 4.78 is 0. The maximum Gasteiger partial charge on any atom is 0.317 e. The quantitative estimate of drug-likeness (QED) is 0.824. The summed E-state index contributed by atoms with van der Waals surface area (Å²) in [5.74, 6) is 2.44. The molecule has 3 saturated carbocycles. The van der Waals surface area contributed by atoms with Gasteiger partial charge < -0.3 is 15.3 Å². The molecular weight excluding hydrogens is 276 g/mol. The molecule has 1 heterocycles. The molecular formula is C18H30N2O2. The van der Waals surface area contributed by atoms with Gasteiger partial charge in [0.15, 0.2) is 0 Å². The van der Waals surface area contributed by atoms with Crippen molar-refractivity contribution in [2.24, 2.45) is 23.7 Å². The second-order valence-corrected chi connectivity index (χ2v) is 8.26. The van der Waals surface area contributed by atoms with Gasteiger partial charge in [-0.15, -0.1) is 0 Å². The molecule has 0 aromatic heterocycles. The summed E-state index contributed by atoms with van der Waals surface area (Å²) in [6.07, 6.45) is 11.0. The van der Waals surface area contributed by atoms with Crippen LogP contribution in [0.1, 0.15) is 57.8 Å². The number of amides is 2. The van der Waals surface area contributed by atoms with Gasteiger partial charge in [0.2, 0.25) is 0 Å². The van der Waals surface area contributed by atoms with E-state index in [0.717, 1.165) is 44.2 Å². The molecule has 4 rings (SSSR count). The standard InChI is InChI=1S/C18H30N2O2/c21-17-14-4-1-5-15(17)11-20(10-14)18(22)19-16-6-2-3-13(9-16)12-7-8-12/h12-17,21H,1-11H2,(H,19,22)/t13-,14-,15+,16-,17?/m0/s1. The third-order valence-electron chi connectivity index (χ3n) is 6.64. The van der Waals surface area contributed by atoms with Crippen LogP contribution in [0, 0.1) is 23.7 Å². The lowest BCUT2D eigenvalue weighted by molar-refractivity contribution is -0.0371. The van der Waals surface area contributed by atoms with Crippen LogP contribution in [0.4, 0.5) is 4.79 Å². The fourth-order valence-electron chi connectivity index (χ4n) is 5.19. The Bertz CT molecular complexity index is 409. The molecule has 2 amide bonds. The number of piperidine rings is 1. The number of hydrogen-bond donors (Lipinski definition) is 2. The second kappa shape index (κ2) is 6.03. The number of urea groups is 1. The van der Waals surface area contributed by atoms with Gasteiger partial charge in [0.1, 0.15) is 0 Å². The van der Waals surface area contributed by atoms with Gasteiger partial charge in [0.25, 0.3) is 0 Å². The van der Waals surface area contributed by atoms with Crippen molar-refractivity contribution in [2.45, 2.75) is 69.9 Å². The first-order valence-corrected chi connectivity index (χ1v) is 9.44. The van der Waals surface area contributed by atoms with E-state index >= 15 is 0 Å². The Morgan fingerprint density at radius 3 is 2.18 bits per heavy atom. The monoisotopic (exact) mass is 306 g/mol. The topological polar surface area (TPSA) is 52.6 Å². The normalized spacial score (nSPS) is 42.0. The Labute approximate surface area is 133 Å². The van der Waals surface area contributed by atoms with Crippen LogP contribution in [0.15, 0.2) is 0 Å². The van der Waals surface area contributed by atoms with Gasteiger partial charge in [-0.05, 0) is 50.4 Å². The summed E-state index contributed by atoms with van der Waals surface area (Å²) in [4.78, 5) is 14.6. The Morgan fingerprint density at radius 2 is 1.50 bits per heavy atom. The van der Waals surface area contributed by atoms with Crippen LogP contribution in [-0.2, 0) is 0 Å². The van der Waals surface area contributed by atoms with Crippen LogP contribution in [0.3, 0.4) is 0 Å². The van der Waals surface area contributed by atoms with E-state index in [1.165, 1.54) is 38.5 Å². The molecule has 3 aliphatic carbocycles. The van der Waals surface area contributed by atoms with Crippen LogP contribution in [-0.4, -0.2) is 41.3 Å². The largest absolute Gasteiger partial charge is 0.392 e. The van der Waals surface area contributed by atoms with Gasteiger partial charge in [-0.2, -0.15) is 0 Å². The van der Waals surface area contributed by atoms with Crippen molar-refractivity contribution in [3.63, 3.8) is 0 Å². The van der Waals surface area contributed by atoms with Crippen LogP contribution in [0.25, 0.3) is 0 Å². The lowest BCUT2D eigenvalue weighted by atomic mass is 9.75. The summed E-state index contributed by atoms with van der Waals surface area (Å²) in [6.45, 7) is 1.50. The van der Waals surface area contributed by atoms with E-state index < -0.39 is 0 Å². The highest BCUT2D eigenvalue weighted by Crippen LogP contribution is 2.44. The molecule has 0 spiro atoms. The van der Waals surface area contributed by atoms with Crippen LogP contribution in [0.2, 0.25) is 0 Å². The predicted molar refractivity (Wildman–Crippen MR) is 85.4 cm³/mol. The molecule has 0 radical (unpaired) electrons. The number of fused-ring (bicyclic) bond motifs is 2. The van der Waals surface area contributed by atoms with Gasteiger partial charge in [-0.25, -0.2) is 4.79 Å². The van der Waals surface area contributed by atoms with E-state index in [-0.39, 0.29) is 12.1 Å². The number of hydrogen-bond acceptors (Lipinski definition) is 2. The minimum atomic E-state index is -0.174. The zero-order chi connectivity index (χ0) is 15.1. The molecule has 4 aliphatic rings. The molecule has 1 unspecified atom stereocenters. The number of carbonyl (C=O) groups is 1. The Morgan fingerprint density at radius 1 is 0.864 bits per heavy atom. The van der Waals surface area contributed by atoms with E-state index in [4.69, 9.17) is 0 Å². The van der Waals surface area contributed by atoms with Gasteiger partial charge in [-0.1, -0.05) is 19.3 Å². The zero-order valence-electron chi connectivity index (χ0n) is 13.5. The highest BCUT2D eigenvalue weighted by Gasteiger charge is 2.40. The first-order valence-electron chi connectivity index (χ1n) is 9.44. The molecule has 5 atom stereocenters. The Balaban J connectivity index is 1.32. The van der Waals surface area contributed by atoms with Crippen LogP contribution in [0.5, 0.6) is 0 Å². The molecule has 1 saturated heterocycles. The lowest BCUT2D eigenvalue weighted by Crippen LogP contribution is -2.57. The highest BCUT2D eigenvalue weighted by molar-refractivity contribution is 5.74. The molecule has 4 fully saturated rings. The molecule has 0 aromatic rings. The molecule has 0 aromatic carbocycles. The fourth-order valence-corrected chi connectivity index (χ4v) is 5.19. The minimum Gasteiger partial charge on any atom is -0.392 e. The highest BCUT2D eigenvalue weighted by atomic mass is 16.3. The molecule has 124 valence electrons. The number of carbonyl (C=O) groups excluding carboxylic acids is 1. The number of aliphatic hydroxyl groups excluding tert-OH is 1. The van der Waals surface area contributed by atoms with Crippen molar-refractivity contribution in [3.8, 4) is 0 Å². The first-order chi connectivity index (χ1) is 10.7. The third kappa shape index (κ3) is 2.99. The number of nitrogens with zero attached hydrogens (tertiary/aromatic N) is 1. The van der Waals surface area contributed by atoms with E-state index in [0.29, 0.717) is 17.9 Å². The molecule has 2 N–H and O–H groups in total. The molecule has 4 nitrogen and oxygen atoms in total. The Kier molecular flexibility index (Phi) is 4.05. The van der Waals surface area contributed by atoms with Gasteiger partial charge in [-0.3, -0.25) is 0 Å². The van der Waals surface area contributed by atoms with Crippen molar-refractivity contribution in [2.75, 3.05) is 13.1 Å². The van der Waals surface area contributed by atoms with Gasteiger partial charge in [0.05, 0.1) is 6.10 Å². The van der Waals surface area contributed by atoms with Crippen molar-refractivity contribution in [1.29, 1.82) is 0 Å². The molecule has 2 bridgehead atoms. The maximum atomic E-state index is 12.6. The van der Waals surface area contributed by atoms with E-state index in [9.17, 15) is 9.90 Å². The smallest absolute Gasteiger partial charge is 0.317 e. The summed E-state index contributed by atoms with van der Waals surface area (Å²) in [5, 5.41) is 13.6. The molecule has 4 heteroatoms. The van der Waals surface area contributed by atoms with Crippen molar-refractivity contribution < 1.29 is 9.90 Å². The number of likely N-dealkylation sites (tertiary alicyclic amines) is 1. The summed E-state index contributed by atoms with van der Waals surface area (Å²) in [7, 11) is 0. The second-order valence-electron chi connectivity index (χ2n) is 8.26. The van der Waals surface area contributed by atoms with Gasteiger partial charge >= 0.3 is 6.03 Å². The zero-order valence-corrected chi connectivity index (χ0v) is 13.5. The van der Waals surface area contributed by atoms with E-state index in [1.54, 1.807) is 0 Å². The SMILES string of the molecule is O=C(N[C@H]1CCC[C@H](C2CC2)C1)N1C[C@H]2CCC[C@@H](C1)C2O. The van der Waals surface area contributed by atoms with Crippen molar-refractivity contribution in [3.05, 3.63) is 0 Å². The third-order valence-corrected chi connectivity index (χ3v) is 6.64. The number of aliphatic hydroxyl groups is 1. The summed E-state index contributed by atoms with van der Waals surface area (Å²) in [5.41, 5.74) is 0. The van der Waals surface area contributed by atoms with Crippen LogP contribution < -0.4 is 5.32 Å². The molecule has 22 heavy (non-hydrogen) atoms. The van der Waals surface area contributed by atoms with Crippen molar-refractivity contribution in [1.82, 2.24) is 10.2 Å². The lowest BCUT2D eigenvalue weighted by Gasteiger charge is -2.45. The Hall–Kier alpha value is -0.770. The van der Waals surface area contributed by atoms with E-state index in [1.807, 2.05) is 4.90 Å². The van der Waals surface area contributed by atoms with Crippen molar-refractivity contribution >= 4 is 6.03 Å². The minimum absolute atomic E-state index is 0.130. The summed E-state index contributed by atoms with van der Waals surface area (Å²) >= 11 is 0.